The third kappa shape index (κ3) is 1.44. The fourth-order valence-corrected chi connectivity index (χ4v) is 2.53. The van der Waals surface area contributed by atoms with Crippen LogP contribution in [0.5, 0.6) is 0 Å². The second-order valence-corrected chi connectivity index (χ2v) is 4.69. The average Bonchev–Trinajstić information content (AvgIpc) is 2.87. The fraction of sp³-hybridized carbons (Fsp3) is 0.727. The van der Waals surface area contributed by atoms with Crippen LogP contribution in [-0.2, 0) is 0 Å². The third-order valence-corrected chi connectivity index (χ3v) is 3.57. The van der Waals surface area contributed by atoms with Gasteiger partial charge in [-0.3, -0.25) is 9.13 Å². The topological polar surface area (TPSA) is 47.2 Å². The van der Waals surface area contributed by atoms with Crippen LogP contribution in [-0.4, -0.2) is 20.3 Å². The molecule has 0 unspecified atom stereocenters. The largest absolute Gasteiger partial charge is 0.391 e. The van der Waals surface area contributed by atoms with Gasteiger partial charge in [-0.25, -0.2) is 4.79 Å². The highest BCUT2D eigenvalue weighted by Crippen LogP contribution is 2.34. The molecule has 82 valence electrons. The molecule has 4 heteroatoms. The molecule has 2 aliphatic rings. The van der Waals surface area contributed by atoms with Gasteiger partial charge in [-0.1, -0.05) is 0 Å². The molecule has 1 N–H and O–H groups in total. The standard InChI is InChI=1S/C11H16N2O2/c14-10-3-1-2-9(10)13-7-6-12(11(13)15)8-4-5-8/h6-10,14H,1-5H2/t9-,10-/m0/s1. The van der Waals surface area contributed by atoms with Gasteiger partial charge in [0, 0.05) is 18.4 Å². The first-order valence-corrected chi connectivity index (χ1v) is 5.74. The summed E-state index contributed by atoms with van der Waals surface area (Å²) >= 11 is 0. The summed E-state index contributed by atoms with van der Waals surface area (Å²) in [6.45, 7) is 0. The number of hydrogen-bond donors (Lipinski definition) is 1. The van der Waals surface area contributed by atoms with Crippen molar-refractivity contribution in [2.24, 2.45) is 0 Å². The summed E-state index contributed by atoms with van der Waals surface area (Å²) in [5, 5.41) is 9.76. The lowest BCUT2D eigenvalue weighted by atomic mass is 10.2. The van der Waals surface area contributed by atoms with E-state index in [1.807, 2.05) is 17.0 Å². The van der Waals surface area contributed by atoms with Crippen LogP contribution < -0.4 is 5.69 Å². The van der Waals surface area contributed by atoms with E-state index < -0.39 is 0 Å². The Morgan fingerprint density at radius 3 is 2.47 bits per heavy atom. The SMILES string of the molecule is O=c1n(C2CC2)ccn1[C@H]1CCC[C@@H]1O. The molecule has 1 heterocycles. The number of aromatic nitrogens is 2. The van der Waals surface area contributed by atoms with Gasteiger partial charge < -0.3 is 5.11 Å². The van der Waals surface area contributed by atoms with Crippen molar-refractivity contribution in [2.75, 3.05) is 0 Å². The van der Waals surface area contributed by atoms with Crippen molar-refractivity contribution in [3.8, 4) is 0 Å². The van der Waals surface area contributed by atoms with Crippen molar-refractivity contribution in [2.45, 2.75) is 50.3 Å². The molecule has 1 aromatic heterocycles. The van der Waals surface area contributed by atoms with Crippen LogP contribution in [0.1, 0.15) is 44.2 Å². The quantitative estimate of drug-likeness (QED) is 0.790. The highest BCUT2D eigenvalue weighted by Gasteiger charge is 2.31. The zero-order chi connectivity index (χ0) is 10.4. The highest BCUT2D eigenvalue weighted by molar-refractivity contribution is 4.95. The van der Waals surface area contributed by atoms with Crippen LogP contribution in [0.4, 0.5) is 0 Å². The molecule has 0 radical (unpaired) electrons. The number of imidazole rings is 1. The van der Waals surface area contributed by atoms with Gasteiger partial charge in [-0.15, -0.1) is 0 Å². The fourth-order valence-electron chi connectivity index (χ4n) is 2.53. The highest BCUT2D eigenvalue weighted by atomic mass is 16.3. The lowest BCUT2D eigenvalue weighted by molar-refractivity contribution is 0.134. The summed E-state index contributed by atoms with van der Waals surface area (Å²) < 4.78 is 3.53. The number of aliphatic hydroxyl groups excluding tert-OH is 1. The minimum absolute atomic E-state index is 0.0116. The summed E-state index contributed by atoms with van der Waals surface area (Å²) in [6.07, 6.45) is 8.38. The second kappa shape index (κ2) is 3.23. The monoisotopic (exact) mass is 208 g/mol. The number of hydrogen-bond acceptors (Lipinski definition) is 2. The minimum atomic E-state index is -0.335. The Hall–Kier alpha value is -1.03. The van der Waals surface area contributed by atoms with Crippen molar-refractivity contribution < 1.29 is 5.11 Å². The maximum atomic E-state index is 12.0. The summed E-state index contributed by atoms with van der Waals surface area (Å²) in [6, 6.07) is 0.440. The molecule has 0 spiro atoms. The molecular formula is C11H16N2O2. The Bertz CT molecular complexity index is 416. The molecule has 0 saturated heterocycles. The minimum Gasteiger partial charge on any atom is -0.391 e. The molecule has 0 aromatic carbocycles. The number of rotatable bonds is 2. The molecule has 2 fully saturated rings. The Morgan fingerprint density at radius 1 is 1.13 bits per heavy atom. The predicted octanol–water partition coefficient (Wildman–Crippen LogP) is 1.07. The molecule has 15 heavy (non-hydrogen) atoms. The molecule has 0 amide bonds. The maximum absolute atomic E-state index is 12.0. The smallest absolute Gasteiger partial charge is 0.328 e. The molecule has 0 bridgehead atoms. The van der Waals surface area contributed by atoms with Gasteiger partial charge in [-0.05, 0) is 32.1 Å². The van der Waals surface area contributed by atoms with E-state index in [0.717, 1.165) is 32.1 Å². The van der Waals surface area contributed by atoms with E-state index in [9.17, 15) is 9.90 Å². The second-order valence-electron chi connectivity index (χ2n) is 4.69. The first kappa shape index (κ1) is 9.21. The first-order chi connectivity index (χ1) is 7.27. The normalized spacial score (nSPS) is 31.0. The Kier molecular flexibility index (Phi) is 1.99. The van der Waals surface area contributed by atoms with E-state index in [0.29, 0.717) is 6.04 Å². The van der Waals surface area contributed by atoms with Crippen LogP contribution in [0.25, 0.3) is 0 Å². The lowest BCUT2D eigenvalue weighted by Crippen LogP contribution is -2.30. The van der Waals surface area contributed by atoms with Gasteiger partial charge in [-0.2, -0.15) is 0 Å². The van der Waals surface area contributed by atoms with Gasteiger partial charge in [0.15, 0.2) is 0 Å². The van der Waals surface area contributed by atoms with Crippen LogP contribution in [0.2, 0.25) is 0 Å². The molecule has 0 aliphatic heterocycles. The van der Waals surface area contributed by atoms with Crippen LogP contribution in [0.3, 0.4) is 0 Å². The van der Waals surface area contributed by atoms with Crippen molar-refractivity contribution in [1.29, 1.82) is 0 Å². The lowest BCUT2D eigenvalue weighted by Gasteiger charge is -2.14. The zero-order valence-electron chi connectivity index (χ0n) is 8.67. The van der Waals surface area contributed by atoms with Crippen LogP contribution in [0, 0.1) is 0 Å². The number of aliphatic hydroxyl groups is 1. The maximum Gasteiger partial charge on any atom is 0.328 e. The van der Waals surface area contributed by atoms with Crippen molar-refractivity contribution in [3.05, 3.63) is 22.9 Å². The Morgan fingerprint density at radius 2 is 1.87 bits per heavy atom. The van der Waals surface area contributed by atoms with Crippen LogP contribution >= 0.6 is 0 Å². The van der Waals surface area contributed by atoms with Gasteiger partial charge >= 0.3 is 5.69 Å². The summed E-state index contributed by atoms with van der Waals surface area (Å²) in [5.74, 6) is 0. The first-order valence-electron chi connectivity index (χ1n) is 5.74. The summed E-state index contributed by atoms with van der Waals surface area (Å²) in [7, 11) is 0. The zero-order valence-corrected chi connectivity index (χ0v) is 8.67. The van der Waals surface area contributed by atoms with E-state index in [1.165, 1.54) is 0 Å². The van der Waals surface area contributed by atoms with E-state index in [2.05, 4.69) is 0 Å². The van der Waals surface area contributed by atoms with Crippen molar-refractivity contribution in [3.63, 3.8) is 0 Å². The van der Waals surface area contributed by atoms with E-state index in [-0.39, 0.29) is 17.8 Å². The Balaban J connectivity index is 1.94. The predicted molar refractivity (Wildman–Crippen MR) is 55.9 cm³/mol. The third-order valence-electron chi connectivity index (χ3n) is 3.57. The molecule has 4 nitrogen and oxygen atoms in total. The van der Waals surface area contributed by atoms with E-state index in [4.69, 9.17) is 0 Å². The molecule has 2 saturated carbocycles. The van der Waals surface area contributed by atoms with Gasteiger partial charge in [0.05, 0.1) is 12.1 Å². The molecule has 2 aliphatic carbocycles. The van der Waals surface area contributed by atoms with E-state index >= 15 is 0 Å². The van der Waals surface area contributed by atoms with Gasteiger partial charge in [0.25, 0.3) is 0 Å². The molecular weight excluding hydrogens is 192 g/mol. The average molecular weight is 208 g/mol. The van der Waals surface area contributed by atoms with Crippen molar-refractivity contribution >= 4 is 0 Å². The molecule has 3 rings (SSSR count). The van der Waals surface area contributed by atoms with E-state index in [1.54, 1.807) is 4.57 Å². The molecule has 2 atom stereocenters. The van der Waals surface area contributed by atoms with Crippen LogP contribution in [0.15, 0.2) is 17.2 Å². The summed E-state index contributed by atoms with van der Waals surface area (Å²) in [4.78, 5) is 12.0. The summed E-state index contributed by atoms with van der Waals surface area (Å²) in [5.41, 5.74) is 0.0588. The van der Waals surface area contributed by atoms with Gasteiger partial charge in [0.1, 0.15) is 0 Å². The van der Waals surface area contributed by atoms with Gasteiger partial charge in [0.2, 0.25) is 0 Å². The number of nitrogens with zero attached hydrogens (tertiary/aromatic N) is 2. The Labute approximate surface area is 88.1 Å². The molecule has 1 aromatic rings. The van der Waals surface area contributed by atoms with Crippen molar-refractivity contribution in [1.82, 2.24) is 9.13 Å².